The highest BCUT2D eigenvalue weighted by atomic mass is 35.5. The van der Waals surface area contributed by atoms with Gasteiger partial charge in [-0.2, -0.15) is 0 Å². The summed E-state index contributed by atoms with van der Waals surface area (Å²) in [4.78, 5) is 0. The van der Waals surface area contributed by atoms with Gasteiger partial charge in [0.1, 0.15) is 0 Å². The molecular weight excluding hydrogens is 279 g/mol. The number of aryl methyl sites for hydroxylation is 1. The van der Waals surface area contributed by atoms with Gasteiger partial charge in [0.25, 0.3) is 0 Å². The fourth-order valence-corrected chi connectivity index (χ4v) is 2.01. The fourth-order valence-electron chi connectivity index (χ4n) is 1.85. The first-order valence-electron chi connectivity index (χ1n) is 6.26. The van der Waals surface area contributed by atoms with Crippen molar-refractivity contribution in [1.29, 1.82) is 0 Å². The van der Waals surface area contributed by atoms with E-state index in [-0.39, 0.29) is 5.75 Å². The second-order valence-corrected chi connectivity index (χ2v) is 4.80. The molecule has 0 saturated carbocycles. The zero-order valence-electron chi connectivity index (χ0n) is 11.3. The molecule has 0 aliphatic heterocycles. The predicted octanol–water partition coefficient (Wildman–Crippen LogP) is 4.51. The van der Waals surface area contributed by atoms with Crippen LogP contribution in [0.25, 0.3) is 0 Å². The smallest absolute Gasteiger partial charge is 0.167 e. The SMILES string of the molecule is CCOc1ccc(Nc2cc(Cl)c(N)cc2C)cc1F. The van der Waals surface area contributed by atoms with Crippen LogP contribution in [0.2, 0.25) is 5.02 Å². The summed E-state index contributed by atoms with van der Waals surface area (Å²) < 4.78 is 18.9. The van der Waals surface area contributed by atoms with Crippen molar-refractivity contribution in [2.75, 3.05) is 17.7 Å². The number of benzene rings is 2. The molecule has 0 fully saturated rings. The Bertz CT molecular complexity index is 632. The quantitative estimate of drug-likeness (QED) is 0.816. The molecule has 106 valence electrons. The number of ether oxygens (including phenoxy) is 1. The van der Waals surface area contributed by atoms with Crippen LogP contribution in [0, 0.1) is 12.7 Å². The van der Waals surface area contributed by atoms with Gasteiger partial charge >= 0.3 is 0 Å². The van der Waals surface area contributed by atoms with E-state index in [1.807, 2.05) is 13.8 Å². The normalized spacial score (nSPS) is 10.4. The van der Waals surface area contributed by atoms with E-state index in [1.165, 1.54) is 6.07 Å². The van der Waals surface area contributed by atoms with Crippen LogP contribution in [0.3, 0.4) is 0 Å². The van der Waals surface area contributed by atoms with Crippen LogP contribution in [-0.2, 0) is 0 Å². The Kier molecular flexibility index (Phi) is 4.35. The number of hydrogen-bond acceptors (Lipinski definition) is 3. The molecular formula is C15H16ClFN2O. The molecule has 0 aromatic heterocycles. The standard InChI is InChI=1S/C15H16ClFN2O/c1-3-20-15-5-4-10(7-12(15)17)19-14-8-11(16)13(18)6-9(14)2/h4-8,19H,3,18H2,1-2H3. The summed E-state index contributed by atoms with van der Waals surface area (Å²) in [6.45, 7) is 4.14. The molecule has 3 N–H and O–H groups in total. The molecule has 5 heteroatoms. The third kappa shape index (κ3) is 3.14. The van der Waals surface area contributed by atoms with E-state index < -0.39 is 5.82 Å². The second kappa shape index (κ2) is 6.01. The van der Waals surface area contributed by atoms with Crippen LogP contribution in [0.5, 0.6) is 5.75 Å². The van der Waals surface area contributed by atoms with Gasteiger partial charge in [0.2, 0.25) is 0 Å². The number of nitrogens with two attached hydrogens (primary N) is 1. The summed E-state index contributed by atoms with van der Waals surface area (Å²) in [6.07, 6.45) is 0. The van der Waals surface area contributed by atoms with Crippen molar-refractivity contribution in [2.45, 2.75) is 13.8 Å². The number of nitrogens with one attached hydrogen (secondary N) is 1. The molecule has 0 spiro atoms. The molecule has 0 aliphatic rings. The van der Waals surface area contributed by atoms with Crippen LogP contribution < -0.4 is 15.8 Å². The molecule has 0 aliphatic carbocycles. The Morgan fingerprint density at radius 1 is 1.30 bits per heavy atom. The first-order valence-corrected chi connectivity index (χ1v) is 6.64. The molecule has 20 heavy (non-hydrogen) atoms. The molecule has 2 aromatic carbocycles. The van der Waals surface area contributed by atoms with Crippen molar-refractivity contribution in [3.63, 3.8) is 0 Å². The largest absolute Gasteiger partial charge is 0.491 e. The maximum absolute atomic E-state index is 13.8. The Balaban J connectivity index is 2.26. The lowest BCUT2D eigenvalue weighted by Gasteiger charge is -2.12. The second-order valence-electron chi connectivity index (χ2n) is 4.39. The maximum atomic E-state index is 13.8. The van der Waals surface area contributed by atoms with Crippen LogP contribution in [0.15, 0.2) is 30.3 Å². The van der Waals surface area contributed by atoms with Gasteiger partial charge in [-0.05, 0) is 43.7 Å². The predicted molar refractivity (Wildman–Crippen MR) is 81.5 cm³/mol. The average molecular weight is 295 g/mol. The van der Waals surface area contributed by atoms with Crippen LogP contribution in [0.4, 0.5) is 21.5 Å². The zero-order valence-corrected chi connectivity index (χ0v) is 12.1. The number of rotatable bonds is 4. The van der Waals surface area contributed by atoms with Crippen LogP contribution >= 0.6 is 11.6 Å². The molecule has 0 amide bonds. The number of halogens is 2. The van der Waals surface area contributed by atoms with Gasteiger partial charge in [0, 0.05) is 17.4 Å². The minimum Gasteiger partial charge on any atom is -0.491 e. The summed E-state index contributed by atoms with van der Waals surface area (Å²) in [5.74, 6) is -0.166. The highest BCUT2D eigenvalue weighted by molar-refractivity contribution is 6.33. The number of nitrogen functional groups attached to an aromatic ring is 1. The van der Waals surface area contributed by atoms with Gasteiger partial charge in [0.05, 0.1) is 17.3 Å². The van der Waals surface area contributed by atoms with Gasteiger partial charge in [-0.15, -0.1) is 0 Å². The van der Waals surface area contributed by atoms with Crippen molar-refractivity contribution in [3.8, 4) is 5.75 Å². The van der Waals surface area contributed by atoms with E-state index in [1.54, 1.807) is 24.3 Å². The lowest BCUT2D eigenvalue weighted by Crippen LogP contribution is -1.98. The third-order valence-electron chi connectivity index (χ3n) is 2.85. The van der Waals surface area contributed by atoms with Crippen LogP contribution in [0.1, 0.15) is 12.5 Å². The van der Waals surface area contributed by atoms with Crippen molar-refractivity contribution in [1.82, 2.24) is 0 Å². The Hall–Kier alpha value is -1.94. The highest BCUT2D eigenvalue weighted by Crippen LogP contribution is 2.30. The first kappa shape index (κ1) is 14.5. The van der Waals surface area contributed by atoms with E-state index in [0.29, 0.717) is 23.0 Å². The lowest BCUT2D eigenvalue weighted by atomic mass is 10.1. The molecule has 2 rings (SSSR count). The lowest BCUT2D eigenvalue weighted by molar-refractivity contribution is 0.321. The topological polar surface area (TPSA) is 47.3 Å². The maximum Gasteiger partial charge on any atom is 0.167 e. The summed E-state index contributed by atoms with van der Waals surface area (Å²) in [5, 5.41) is 3.58. The first-order chi connectivity index (χ1) is 9.51. The number of anilines is 3. The summed E-state index contributed by atoms with van der Waals surface area (Å²) in [6, 6.07) is 8.22. The van der Waals surface area contributed by atoms with Gasteiger partial charge in [-0.3, -0.25) is 0 Å². The van der Waals surface area contributed by atoms with E-state index in [2.05, 4.69) is 5.32 Å². The summed E-state index contributed by atoms with van der Waals surface area (Å²) in [5.41, 5.74) is 8.58. The van der Waals surface area contributed by atoms with Crippen molar-refractivity contribution in [3.05, 3.63) is 46.7 Å². The molecule has 0 saturated heterocycles. The molecule has 0 unspecified atom stereocenters. The van der Waals surface area contributed by atoms with E-state index in [4.69, 9.17) is 22.1 Å². The molecule has 3 nitrogen and oxygen atoms in total. The van der Waals surface area contributed by atoms with Gasteiger partial charge in [-0.25, -0.2) is 4.39 Å². The molecule has 2 aromatic rings. The van der Waals surface area contributed by atoms with Gasteiger partial charge < -0.3 is 15.8 Å². The van der Waals surface area contributed by atoms with E-state index in [0.717, 1.165) is 11.3 Å². The third-order valence-corrected chi connectivity index (χ3v) is 3.18. The Labute approximate surface area is 122 Å². The van der Waals surface area contributed by atoms with Gasteiger partial charge in [-0.1, -0.05) is 11.6 Å². The minimum absolute atomic E-state index is 0.241. The minimum atomic E-state index is -0.406. The van der Waals surface area contributed by atoms with Gasteiger partial charge in [0.15, 0.2) is 11.6 Å². The highest BCUT2D eigenvalue weighted by Gasteiger charge is 2.07. The van der Waals surface area contributed by atoms with Crippen molar-refractivity contribution >= 4 is 28.7 Å². The summed E-state index contributed by atoms with van der Waals surface area (Å²) in [7, 11) is 0. The monoisotopic (exact) mass is 294 g/mol. The Morgan fingerprint density at radius 3 is 2.70 bits per heavy atom. The Morgan fingerprint density at radius 2 is 2.05 bits per heavy atom. The summed E-state index contributed by atoms with van der Waals surface area (Å²) >= 11 is 5.99. The molecule has 0 heterocycles. The van der Waals surface area contributed by atoms with Crippen LogP contribution in [-0.4, -0.2) is 6.61 Å². The van der Waals surface area contributed by atoms with E-state index in [9.17, 15) is 4.39 Å². The fraction of sp³-hybridized carbons (Fsp3) is 0.200. The average Bonchev–Trinajstić information content (AvgIpc) is 2.39. The molecule has 0 radical (unpaired) electrons. The van der Waals surface area contributed by atoms with Crippen molar-refractivity contribution in [2.24, 2.45) is 0 Å². The van der Waals surface area contributed by atoms with Crippen molar-refractivity contribution < 1.29 is 9.13 Å². The molecule has 0 bridgehead atoms. The number of hydrogen-bond donors (Lipinski definition) is 2. The molecule has 0 atom stereocenters. The zero-order chi connectivity index (χ0) is 14.7. The van der Waals surface area contributed by atoms with E-state index >= 15 is 0 Å².